The lowest BCUT2D eigenvalue weighted by Gasteiger charge is -2.08. The van der Waals surface area contributed by atoms with Crippen molar-refractivity contribution in [3.63, 3.8) is 0 Å². The highest BCUT2D eigenvalue weighted by Crippen LogP contribution is 2.23. The lowest BCUT2D eigenvalue weighted by molar-refractivity contribution is -0.384. The zero-order valence-corrected chi connectivity index (χ0v) is 13.9. The second-order valence-corrected chi connectivity index (χ2v) is 5.47. The summed E-state index contributed by atoms with van der Waals surface area (Å²) in [6.45, 7) is 1.54. The van der Waals surface area contributed by atoms with Gasteiger partial charge in [0.15, 0.2) is 0 Å². The number of amides is 2. The predicted molar refractivity (Wildman–Crippen MR) is 96.6 cm³/mol. The van der Waals surface area contributed by atoms with Crippen molar-refractivity contribution < 1.29 is 19.6 Å². The highest BCUT2D eigenvalue weighted by atomic mass is 16.6. The van der Waals surface area contributed by atoms with Crippen LogP contribution in [0.5, 0.6) is 5.75 Å². The van der Waals surface area contributed by atoms with Crippen LogP contribution >= 0.6 is 0 Å². The molecule has 2 rings (SSSR count). The highest BCUT2D eigenvalue weighted by Gasteiger charge is 2.07. The first-order chi connectivity index (χ1) is 12.3. The number of hydrogen-bond donors (Lipinski definition) is 3. The van der Waals surface area contributed by atoms with Crippen molar-refractivity contribution in [2.75, 3.05) is 11.9 Å². The van der Waals surface area contributed by atoms with E-state index in [9.17, 15) is 24.8 Å². The number of anilines is 1. The van der Waals surface area contributed by atoms with Gasteiger partial charge in [-0.2, -0.15) is 0 Å². The molecule has 8 heteroatoms. The van der Waals surface area contributed by atoms with E-state index in [0.717, 1.165) is 5.56 Å². The average molecular weight is 355 g/mol. The van der Waals surface area contributed by atoms with Crippen LogP contribution in [0.2, 0.25) is 0 Å². The van der Waals surface area contributed by atoms with Gasteiger partial charge in [-0.3, -0.25) is 19.7 Å². The van der Waals surface area contributed by atoms with E-state index >= 15 is 0 Å². The van der Waals surface area contributed by atoms with E-state index in [1.54, 1.807) is 12.1 Å². The van der Waals surface area contributed by atoms with Crippen LogP contribution in [0.4, 0.5) is 11.4 Å². The van der Waals surface area contributed by atoms with Crippen LogP contribution < -0.4 is 10.6 Å². The molecular formula is C18H17N3O5. The standard InChI is InChI=1S/C18H17N3O5/c1-12-2-8-15(16(22)10-12)20-18(24)11-19-17(23)9-5-13-3-6-14(7-4-13)21(25)26/h2-10,22H,11H2,1H3,(H,19,23)(H,20,24)/b9-5+. The van der Waals surface area contributed by atoms with E-state index in [-0.39, 0.29) is 23.7 Å². The van der Waals surface area contributed by atoms with Gasteiger partial charge in [0.1, 0.15) is 5.75 Å². The van der Waals surface area contributed by atoms with Crippen molar-refractivity contribution >= 4 is 29.3 Å². The normalized spacial score (nSPS) is 10.5. The number of carbonyl (C=O) groups is 2. The maximum absolute atomic E-state index is 11.8. The van der Waals surface area contributed by atoms with E-state index in [4.69, 9.17) is 0 Å². The molecule has 0 aromatic heterocycles. The molecule has 26 heavy (non-hydrogen) atoms. The fraction of sp³-hybridized carbons (Fsp3) is 0.111. The number of nitro groups is 1. The Bertz CT molecular complexity index is 860. The van der Waals surface area contributed by atoms with Crippen LogP contribution in [0.3, 0.4) is 0 Å². The maximum atomic E-state index is 11.8. The zero-order chi connectivity index (χ0) is 19.1. The molecule has 0 bridgehead atoms. The van der Waals surface area contributed by atoms with Gasteiger partial charge in [-0.25, -0.2) is 0 Å². The van der Waals surface area contributed by atoms with Crippen LogP contribution in [-0.4, -0.2) is 28.4 Å². The molecule has 134 valence electrons. The lowest BCUT2D eigenvalue weighted by atomic mass is 10.2. The molecular weight excluding hydrogens is 338 g/mol. The molecule has 0 aliphatic rings. The molecule has 0 unspecified atom stereocenters. The van der Waals surface area contributed by atoms with E-state index < -0.39 is 16.7 Å². The second-order valence-electron chi connectivity index (χ2n) is 5.47. The van der Waals surface area contributed by atoms with Gasteiger partial charge in [0.2, 0.25) is 11.8 Å². The molecule has 2 aromatic carbocycles. The summed E-state index contributed by atoms with van der Waals surface area (Å²) in [7, 11) is 0. The molecule has 2 amide bonds. The first-order valence-corrected chi connectivity index (χ1v) is 7.65. The third kappa shape index (κ3) is 5.45. The number of nitro benzene ring substituents is 1. The summed E-state index contributed by atoms with van der Waals surface area (Å²) < 4.78 is 0. The van der Waals surface area contributed by atoms with Gasteiger partial charge in [0, 0.05) is 18.2 Å². The topological polar surface area (TPSA) is 122 Å². The predicted octanol–water partition coefficient (Wildman–Crippen LogP) is 2.38. The van der Waals surface area contributed by atoms with Crippen molar-refractivity contribution in [1.29, 1.82) is 0 Å². The fourth-order valence-corrected chi connectivity index (χ4v) is 2.05. The molecule has 0 saturated carbocycles. The number of nitrogens with one attached hydrogen (secondary N) is 2. The Labute approximate surface area is 149 Å². The number of non-ortho nitro benzene ring substituents is 1. The minimum atomic E-state index is -0.509. The zero-order valence-electron chi connectivity index (χ0n) is 13.9. The Kier molecular flexibility index (Phi) is 6.05. The van der Waals surface area contributed by atoms with Crippen molar-refractivity contribution in [2.45, 2.75) is 6.92 Å². The second kappa shape index (κ2) is 8.43. The Balaban J connectivity index is 1.83. The third-order valence-electron chi connectivity index (χ3n) is 3.38. The average Bonchev–Trinajstić information content (AvgIpc) is 2.61. The molecule has 8 nitrogen and oxygen atoms in total. The summed E-state index contributed by atoms with van der Waals surface area (Å²) in [5.41, 5.74) is 1.68. The third-order valence-corrected chi connectivity index (χ3v) is 3.38. The molecule has 0 heterocycles. The fourth-order valence-electron chi connectivity index (χ4n) is 2.05. The van der Waals surface area contributed by atoms with E-state index in [1.165, 1.54) is 42.5 Å². The van der Waals surface area contributed by atoms with Gasteiger partial charge in [-0.05, 0) is 48.4 Å². The Morgan fingerprint density at radius 2 is 1.88 bits per heavy atom. The molecule has 0 saturated heterocycles. The first-order valence-electron chi connectivity index (χ1n) is 7.65. The molecule has 0 atom stereocenters. The van der Waals surface area contributed by atoms with Crippen molar-refractivity contribution in [1.82, 2.24) is 5.32 Å². The number of nitrogens with zero attached hydrogens (tertiary/aromatic N) is 1. The van der Waals surface area contributed by atoms with Gasteiger partial charge >= 0.3 is 0 Å². The number of aromatic hydroxyl groups is 1. The maximum Gasteiger partial charge on any atom is 0.269 e. The number of hydrogen-bond acceptors (Lipinski definition) is 5. The van der Waals surface area contributed by atoms with Crippen molar-refractivity contribution in [3.8, 4) is 5.75 Å². The smallest absolute Gasteiger partial charge is 0.269 e. The van der Waals surface area contributed by atoms with Crippen LogP contribution in [0.25, 0.3) is 6.08 Å². The molecule has 0 spiro atoms. The minimum Gasteiger partial charge on any atom is -0.506 e. The largest absolute Gasteiger partial charge is 0.506 e. The van der Waals surface area contributed by atoms with Gasteiger partial charge < -0.3 is 15.7 Å². The van der Waals surface area contributed by atoms with Gasteiger partial charge in [-0.15, -0.1) is 0 Å². The molecule has 0 aliphatic carbocycles. The van der Waals surface area contributed by atoms with Gasteiger partial charge in [0.05, 0.1) is 17.2 Å². The summed E-state index contributed by atoms with van der Waals surface area (Å²) >= 11 is 0. The van der Waals surface area contributed by atoms with Gasteiger partial charge in [-0.1, -0.05) is 6.07 Å². The summed E-state index contributed by atoms with van der Waals surface area (Å²) in [5.74, 6) is -1.03. The SMILES string of the molecule is Cc1ccc(NC(=O)CNC(=O)/C=C/c2ccc([N+](=O)[O-])cc2)c(O)c1. The summed E-state index contributed by atoms with van der Waals surface area (Å²) in [6.07, 6.45) is 2.70. The number of benzene rings is 2. The van der Waals surface area contributed by atoms with Crippen molar-refractivity contribution in [2.24, 2.45) is 0 Å². The van der Waals surface area contributed by atoms with Crippen LogP contribution in [0, 0.1) is 17.0 Å². The van der Waals surface area contributed by atoms with E-state index in [0.29, 0.717) is 5.56 Å². The summed E-state index contributed by atoms with van der Waals surface area (Å²) in [5, 5.41) is 25.2. The minimum absolute atomic E-state index is 0.0392. The van der Waals surface area contributed by atoms with E-state index in [2.05, 4.69) is 10.6 Å². The Hall–Kier alpha value is -3.68. The summed E-state index contributed by atoms with van der Waals surface area (Å²) in [4.78, 5) is 33.6. The molecule has 0 aliphatic heterocycles. The Morgan fingerprint density at radius 1 is 1.19 bits per heavy atom. The molecule has 0 radical (unpaired) electrons. The van der Waals surface area contributed by atoms with Gasteiger partial charge in [0.25, 0.3) is 5.69 Å². The van der Waals surface area contributed by atoms with Crippen molar-refractivity contribution in [3.05, 3.63) is 69.8 Å². The quantitative estimate of drug-likeness (QED) is 0.318. The van der Waals surface area contributed by atoms with Crippen LogP contribution in [0.1, 0.15) is 11.1 Å². The van der Waals surface area contributed by atoms with Crippen LogP contribution in [-0.2, 0) is 9.59 Å². The van der Waals surface area contributed by atoms with E-state index in [1.807, 2.05) is 6.92 Å². The lowest BCUT2D eigenvalue weighted by Crippen LogP contribution is -2.31. The molecule has 0 fully saturated rings. The number of aryl methyl sites for hydroxylation is 1. The number of phenols is 1. The number of phenolic OH excluding ortho intramolecular Hbond substituents is 1. The summed E-state index contributed by atoms with van der Waals surface area (Å²) in [6, 6.07) is 10.5. The molecule has 2 aromatic rings. The highest BCUT2D eigenvalue weighted by molar-refractivity contribution is 5.98. The first kappa shape index (κ1) is 18.7. The Morgan fingerprint density at radius 3 is 2.50 bits per heavy atom. The number of carbonyl (C=O) groups excluding carboxylic acids is 2. The monoisotopic (exact) mass is 355 g/mol. The molecule has 3 N–H and O–H groups in total. The van der Waals surface area contributed by atoms with Crippen LogP contribution in [0.15, 0.2) is 48.5 Å². The number of rotatable bonds is 6.